The minimum atomic E-state index is 0.0195. The third-order valence-corrected chi connectivity index (χ3v) is 3.96. The molecule has 1 aliphatic heterocycles. The molecule has 0 radical (unpaired) electrons. The number of carbonyl (C=O) groups is 1. The molecule has 2 aromatic rings. The molecule has 0 bridgehead atoms. The predicted octanol–water partition coefficient (Wildman–Crippen LogP) is 1.97. The minimum absolute atomic E-state index is 0.0195. The number of rotatable bonds is 4. The molecule has 23 heavy (non-hydrogen) atoms. The van der Waals surface area contributed by atoms with E-state index in [4.69, 9.17) is 0 Å². The van der Waals surface area contributed by atoms with Crippen LogP contribution in [0.2, 0.25) is 0 Å². The Bertz CT molecular complexity index is 654. The molecule has 1 N–H and O–H groups in total. The number of carbonyl (C=O) groups excluding carboxylic acids is 1. The molecule has 7 heteroatoms. The van der Waals surface area contributed by atoms with Crippen LogP contribution in [0.25, 0.3) is 0 Å². The zero-order valence-corrected chi connectivity index (χ0v) is 13.5. The molecule has 1 fully saturated rings. The van der Waals surface area contributed by atoms with Crippen LogP contribution in [0.4, 0.5) is 5.82 Å². The van der Waals surface area contributed by atoms with Crippen LogP contribution in [-0.4, -0.2) is 49.7 Å². The Morgan fingerprint density at radius 1 is 1.43 bits per heavy atom. The van der Waals surface area contributed by atoms with Crippen molar-refractivity contribution in [2.24, 2.45) is 0 Å². The van der Waals surface area contributed by atoms with E-state index >= 15 is 0 Å². The lowest BCUT2D eigenvalue weighted by atomic mass is 10.0. The molecule has 1 atom stereocenters. The highest BCUT2D eigenvalue weighted by Gasteiger charge is 2.27. The molecule has 0 aliphatic carbocycles. The van der Waals surface area contributed by atoms with E-state index in [9.17, 15) is 4.79 Å². The number of hydrogen-bond donors (Lipinski definition) is 1. The Labute approximate surface area is 135 Å². The van der Waals surface area contributed by atoms with Crippen LogP contribution in [0, 0.1) is 0 Å². The smallest absolute Gasteiger partial charge is 0.257 e. The van der Waals surface area contributed by atoms with Gasteiger partial charge in [-0.15, -0.1) is 0 Å². The van der Waals surface area contributed by atoms with Crippen molar-refractivity contribution in [1.29, 1.82) is 0 Å². The molecule has 3 heterocycles. The maximum absolute atomic E-state index is 12.9. The second-order valence-corrected chi connectivity index (χ2v) is 6.12. The first-order chi connectivity index (χ1) is 11.1. The van der Waals surface area contributed by atoms with Crippen LogP contribution < -0.4 is 5.32 Å². The van der Waals surface area contributed by atoms with Gasteiger partial charge in [0.05, 0.1) is 11.6 Å². The highest BCUT2D eigenvalue weighted by Crippen LogP contribution is 2.23. The third-order valence-electron chi connectivity index (χ3n) is 3.96. The zero-order chi connectivity index (χ0) is 16.2. The fourth-order valence-electron chi connectivity index (χ4n) is 2.90. The fourth-order valence-corrected chi connectivity index (χ4v) is 2.90. The van der Waals surface area contributed by atoms with Crippen LogP contribution in [0.15, 0.2) is 31.0 Å². The third kappa shape index (κ3) is 3.49. The zero-order valence-electron chi connectivity index (χ0n) is 13.5. The standard InChI is InChI=1S/C16H22N6O/c1-12(2)20-15-14(6-3-7-18-15)16(23)21-8-4-5-13(9-21)22-11-17-10-19-22/h3,6-7,10-13H,4-5,8-9H2,1-2H3,(H,18,20)/t13-/m1/s1. The molecule has 0 aromatic carbocycles. The number of likely N-dealkylation sites (tertiary alicyclic amines) is 1. The van der Waals surface area contributed by atoms with E-state index in [1.54, 1.807) is 18.6 Å². The number of aromatic nitrogens is 4. The van der Waals surface area contributed by atoms with E-state index in [1.165, 1.54) is 6.33 Å². The summed E-state index contributed by atoms with van der Waals surface area (Å²) in [5.41, 5.74) is 0.625. The van der Waals surface area contributed by atoms with Gasteiger partial charge >= 0.3 is 0 Å². The molecule has 1 amide bonds. The summed E-state index contributed by atoms with van der Waals surface area (Å²) in [6.45, 7) is 5.48. The minimum Gasteiger partial charge on any atom is -0.367 e. The highest BCUT2D eigenvalue weighted by atomic mass is 16.2. The Morgan fingerprint density at radius 3 is 3.04 bits per heavy atom. The van der Waals surface area contributed by atoms with Gasteiger partial charge in [0, 0.05) is 25.3 Å². The van der Waals surface area contributed by atoms with Gasteiger partial charge in [0.25, 0.3) is 5.91 Å². The molecule has 7 nitrogen and oxygen atoms in total. The van der Waals surface area contributed by atoms with Gasteiger partial charge in [0.1, 0.15) is 18.5 Å². The summed E-state index contributed by atoms with van der Waals surface area (Å²) in [5, 5.41) is 7.45. The largest absolute Gasteiger partial charge is 0.367 e. The van der Waals surface area contributed by atoms with E-state index in [-0.39, 0.29) is 18.0 Å². The van der Waals surface area contributed by atoms with Gasteiger partial charge in [0.15, 0.2) is 0 Å². The predicted molar refractivity (Wildman–Crippen MR) is 87.2 cm³/mol. The summed E-state index contributed by atoms with van der Waals surface area (Å²) in [4.78, 5) is 23.1. The average Bonchev–Trinajstić information content (AvgIpc) is 3.09. The van der Waals surface area contributed by atoms with Gasteiger partial charge in [0.2, 0.25) is 0 Å². The highest BCUT2D eigenvalue weighted by molar-refractivity contribution is 5.98. The molecular weight excluding hydrogens is 292 g/mol. The van der Waals surface area contributed by atoms with Crippen molar-refractivity contribution in [3.8, 4) is 0 Å². The van der Waals surface area contributed by atoms with Gasteiger partial charge in [-0.25, -0.2) is 14.6 Å². The summed E-state index contributed by atoms with van der Waals surface area (Å²) >= 11 is 0. The summed E-state index contributed by atoms with van der Waals surface area (Å²) in [6, 6.07) is 4.05. The molecule has 0 saturated carbocycles. The second kappa shape index (κ2) is 6.76. The number of amides is 1. The maximum atomic E-state index is 12.9. The van der Waals surface area contributed by atoms with E-state index in [0.29, 0.717) is 17.9 Å². The number of hydrogen-bond acceptors (Lipinski definition) is 5. The van der Waals surface area contributed by atoms with E-state index in [0.717, 1.165) is 19.4 Å². The van der Waals surface area contributed by atoms with Crippen LogP contribution in [0.1, 0.15) is 43.1 Å². The number of nitrogens with zero attached hydrogens (tertiary/aromatic N) is 5. The van der Waals surface area contributed by atoms with Crippen LogP contribution in [0.3, 0.4) is 0 Å². The topological polar surface area (TPSA) is 75.9 Å². The first-order valence-electron chi connectivity index (χ1n) is 8.00. The molecule has 1 saturated heterocycles. The first-order valence-corrected chi connectivity index (χ1v) is 8.00. The van der Waals surface area contributed by atoms with Gasteiger partial charge in [-0.2, -0.15) is 5.10 Å². The lowest BCUT2D eigenvalue weighted by molar-refractivity contribution is 0.0673. The molecule has 2 aromatic heterocycles. The van der Waals surface area contributed by atoms with Crippen molar-refractivity contribution in [2.45, 2.75) is 38.8 Å². The van der Waals surface area contributed by atoms with Crippen LogP contribution in [-0.2, 0) is 0 Å². The van der Waals surface area contributed by atoms with Gasteiger partial charge < -0.3 is 10.2 Å². The van der Waals surface area contributed by atoms with Crippen LogP contribution >= 0.6 is 0 Å². The summed E-state index contributed by atoms with van der Waals surface area (Å²) in [5.74, 6) is 0.668. The Hall–Kier alpha value is -2.44. The Morgan fingerprint density at radius 2 is 2.30 bits per heavy atom. The van der Waals surface area contributed by atoms with Crippen molar-refractivity contribution in [3.63, 3.8) is 0 Å². The number of nitrogens with one attached hydrogen (secondary N) is 1. The maximum Gasteiger partial charge on any atom is 0.257 e. The number of piperidine rings is 1. The van der Waals surface area contributed by atoms with Crippen molar-refractivity contribution >= 4 is 11.7 Å². The SMILES string of the molecule is CC(C)Nc1ncccc1C(=O)N1CCC[C@@H](n2cncn2)C1. The Balaban J connectivity index is 1.77. The molecule has 0 unspecified atom stereocenters. The van der Waals surface area contributed by atoms with E-state index in [1.807, 2.05) is 29.5 Å². The number of anilines is 1. The van der Waals surface area contributed by atoms with Crippen molar-refractivity contribution < 1.29 is 4.79 Å². The fraction of sp³-hybridized carbons (Fsp3) is 0.500. The quantitative estimate of drug-likeness (QED) is 0.934. The Kier molecular flexibility index (Phi) is 4.55. The summed E-state index contributed by atoms with van der Waals surface area (Å²) in [7, 11) is 0. The monoisotopic (exact) mass is 314 g/mol. The van der Waals surface area contributed by atoms with Crippen molar-refractivity contribution in [2.75, 3.05) is 18.4 Å². The van der Waals surface area contributed by atoms with E-state index in [2.05, 4.69) is 20.4 Å². The van der Waals surface area contributed by atoms with Gasteiger partial charge in [-0.05, 0) is 38.8 Å². The lowest BCUT2D eigenvalue weighted by Gasteiger charge is -2.33. The molecular formula is C16H22N6O. The molecule has 3 rings (SSSR count). The second-order valence-electron chi connectivity index (χ2n) is 6.12. The normalized spacial score (nSPS) is 18.2. The number of pyridine rings is 1. The van der Waals surface area contributed by atoms with Gasteiger partial charge in [-0.1, -0.05) is 0 Å². The molecule has 122 valence electrons. The summed E-state index contributed by atoms with van der Waals surface area (Å²) in [6.07, 6.45) is 6.93. The molecule has 0 spiro atoms. The lowest BCUT2D eigenvalue weighted by Crippen LogP contribution is -2.41. The average molecular weight is 314 g/mol. The first kappa shape index (κ1) is 15.5. The summed E-state index contributed by atoms with van der Waals surface area (Å²) < 4.78 is 1.84. The van der Waals surface area contributed by atoms with Gasteiger partial charge in [-0.3, -0.25) is 4.79 Å². The van der Waals surface area contributed by atoms with Crippen molar-refractivity contribution in [3.05, 3.63) is 36.5 Å². The van der Waals surface area contributed by atoms with Crippen molar-refractivity contribution in [1.82, 2.24) is 24.6 Å². The van der Waals surface area contributed by atoms with E-state index < -0.39 is 0 Å². The van der Waals surface area contributed by atoms with Crippen LogP contribution in [0.5, 0.6) is 0 Å². The molecule has 1 aliphatic rings.